The molecule has 1 aliphatic rings. The van der Waals surface area contributed by atoms with Crippen molar-refractivity contribution in [3.63, 3.8) is 0 Å². The van der Waals surface area contributed by atoms with Crippen molar-refractivity contribution in [2.45, 2.75) is 39.2 Å². The van der Waals surface area contributed by atoms with Crippen LogP contribution in [0.4, 0.5) is 5.69 Å². The summed E-state index contributed by atoms with van der Waals surface area (Å²) in [6, 6.07) is 7.43. The molecule has 0 bridgehead atoms. The molecule has 1 aromatic carbocycles. The number of hydrogen-bond acceptors (Lipinski definition) is 6. The number of amides is 1. The van der Waals surface area contributed by atoms with E-state index < -0.39 is 16.8 Å². The number of aryl methyl sites for hydroxylation is 1. The third-order valence-corrected chi connectivity index (χ3v) is 5.02. The quantitative estimate of drug-likeness (QED) is 0.292. The number of non-ortho nitro benzene ring substituents is 1. The number of nitro benzene ring substituents is 1. The van der Waals surface area contributed by atoms with E-state index >= 15 is 0 Å². The Bertz CT molecular complexity index is 989. The van der Waals surface area contributed by atoms with E-state index in [2.05, 4.69) is 9.88 Å². The maximum Gasteiger partial charge on any atom is 0.308 e. The number of carbonyl (C=O) groups is 3. The largest absolute Gasteiger partial charge is 0.457 e. The minimum Gasteiger partial charge on any atom is -0.457 e. The monoisotopic (exact) mass is 413 g/mol. The van der Waals surface area contributed by atoms with Gasteiger partial charge in [-0.2, -0.15) is 0 Å². The summed E-state index contributed by atoms with van der Waals surface area (Å²) < 4.78 is 7.20. The summed E-state index contributed by atoms with van der Waals surface area (Å²) in [5.74, 6) is -1.30. The molecule has 2 aromatic rings. The van der Waals surface area contributed by atoms with Crippen LogP contribution >= 0.6 is 0 Å². The van der Waals surface area contributed by atoms with Crippen LogP contribution in [0.15, 0.2) is 30.3 Å². The second-order valence-corrected chi connectivity index (χ2v) is 7.28. The van der Waals surface area contributed by atoms with Crippen molar-refractivity contribution in [2.75, 3.05) is 13.2 Å². The first-order valence-electron chi connectivity index (χ1n) is 9.68. The molecule has 158 valence electrons. The Labute approximate surface area is 173 Å². The van der Waals surface area contributed by atoms with Gasteiger partial charge in [0.05, 0.1) is 11.3 Å². The number of aromatic nitrogens is 1. The second-order valence-electron chi connectivity index (χ2n) is 7.28. The van der Waals surface area contributed by atoms with E-state index in [0.29, 0.717) is 11.6 Å². The SMILES string of the molecule is Cc1cc(C(=O)COC(=O)CCNC(=O)c2ccc([N+](=O)[O-])cc2)c(C)n1C1CC1. The molecule has 30 heavy (non-hydrogen) atoms. The Morgan fingerprint density at radius 3 is 2.47 bits per heavy atom. The molecule has 1 aromatic heterocycles. The number of esters is 1. The van der Waals surface area contributed by atoms with Crippen molar-refractivity contribution >= 4 is 23.3 Å². The van der Waals surface area contributed by atoms with Crippen molar-refractivity contribution in [3.8, 4) is 0 Å². The van der Waals surface area contributed by atoms with Crippen LogP contribution in [0.1, 0.15) is 57.4 Å². The number of ketones is 1. The Morgan fingerprint density at radius 1 is 1.20 bits per heavy atom. The number of benzene rings is 1. The molecule has 0 unspecified atom stereocenters. The van der Waals surface area contributed by atoms with Crippen LogP contribution in [0, 0.1) is 24.0 Å². The molecular weight excluding hydrogens is 390 g/mol. The van der Waals surface area contributed by atoms with E-state index in [9.17, 15) is 24.5 Å². The molecule has 0 radical (unpaired) electrons. The van der Waals surface area contributed by atoms with Crippen LogP contribution in [0.2, 0.25) is 0 Å². The number of nitrogens with one attached hydrogen (secondary N) is 1. The molecule has 1 saturated carbocycles. The summed E-state index contributed by atoms with van der Waals surface area (Å²) in [5, 5.41) is 13.2. The first-order valence-corrected chi connectivity index (χ1v) is 9.68. The maximum absolute atomic E-state index is 12.4. The van der Waals surface area contributed by atoms with Crippen LogP contribution in [-0.2, 0) is 9.53 Å². The lowest BCUT2D eigenvalue weighted by Gasteiger charge is -2.08. The minimum atomic E-state index is -0.594. The van der Waals surface area contributed by atoms with Gasteiger partial charge in [-0.15, -0.1) is 0 Å². The van der Waals surface area contributed by atoms with Gasteiger partial charge in [0.1, 0.15) is 0 Å². The van der Waals surface area contributed by atoms with Gasteiger partial charge in [0.2, 0.25) is 5.78 Å². The summed E-state index contributed by atoms with van der Waals surface area (Å²) in [6.07, 6.45) is 2.14. The standard InChI is InChI=1S/C21H23N3O6/c1-13-11-18(14(2)23(13)16-7-8-16)19(25)12-30-20(26)9-10-22-21(27)15-3-5-17(6-4-15)24(28)29/h3-6,11,16H,7-10,12H2,1-2H3,(H,22,27). The Hall–Kier alpha value is -3.49. The van der Waals surface area contributed by atoms with Gasteiger partial charge in [0.15, 0.2) is 6.61 Å². The number of Topliss-reactive ketones (excluding diaryl/α,β-unsaturated/α-hetero) is 1. The molecule has 9 nitrogen and oxygen atoms in total. The highest BCUT2D eigenvalue weighted by Gasteiger charge is 2.28. The zero-order valence-electron chi connectivity index (χ0n) is 16.8. The molecule has 1 heterocycles. The van der Waals surface area contributed by atoms with Crippen LogP contribution in [0.25, 0.3) is 0 Å². The van der Waals surface area contributed by atoms with Crippen LogP contribution in [0.5, 0.6) is 0 Å². The number of carbonyl (C=O) groups excluding carboxylic acids is 3. The van der Waals surface area contributed by atoms with E-state index in [-0.39, 0.29) is 36.6 Å². The van der Waals surface area contributed by atoms with Crippen molar-refractivity contribution in [1.29, 1.82) is 0 Å². The zero-order chi connectivity index (χ0) is 21.8. The van der Waals surface area contributed by atoms with E-state index in [0.717, 1.165) is 24.2 Å². The summed E-state index contributed by atoms with van der Waals surface area (Å²) >= 11 is 0. The third-order valence-electron chi connectivity index (χ3n) is 5.02. The number of ether oxygens (including phenoxy) is 1. The first-order chi connectivity index (χ1) is 14.3. The Morgan fingerprint density at radius 2 is 1.87 bits per heavy atom. The summed E-state index contributed by atoms with van der Waals surface area (Å²) in [6.45, 7) is 3.54. The van der Waals surface area contributed by atoms with E-state index in [1.54, 1.807) is 0 Å². The van der Waals surface area contributed by atoms with Gasteiger partial charge in [0.25, 0.3) is 11.6 Å². The van der Waals surface area contributed by atoms with Gasteiger partial charge in [-0.3, -0.25) is 24.5 Å². The molecule has 0 saturated heterocycles. The molecule has 1 N–H and O–H groups in total. The molecule has 0 atom stereocenters. The van der Waals surface area contributed by atoms with Gasteiger partial charge in [-0.25, -0.2) is 0 Å². The molecule has 1 amide bonds. The van der Waals surface area contributed by atoms with Crippen molar-refractivity contribution in [3.05, 3.63) is 63.0 Å². The number of hydrogen-bond donors (Lipinski definition) is 1. The lowest BCUT2D eigenvalue weighted by atomic mass is 10.1. The highest BCUT2D eigenvalue weighted by molar-refractivity contribution is 5.99. The number of nitro groups is 1. The van der Waals surface area contributed by atoms with E-state index in [4.69, 9.17) is 4.74 Å². The second kappa shape index (κ2) is 8.89. The predicted molar refractivity (Wildman–Crippen MR) is 108 cm³/mol. The first kappa shape index (κ1) is 21.2. The van der Waals surface area contributed by atoms with Gasteiger partial charge in [-0.1, -0.05) is 0 Å². The average molecular weight is 413 g/mol. The highest BCUT2D eigenvalue weighted by atomic mass is 16.6. The topological polar surface area (TPSA) is 121 Å². The number of rotatable bonds is 9. The van der Waals surface area contributed by atoms with Crippen LogP contribution in [-0.4, -0.2) is 40.3 Å². The lowest BCUT2D eigenvalue weighted by Crippen LogP contribution is -2.27. The lowest BCUT2D eigenvalue weighted by molar-refractivity contribution is -0.384. The van der Waals surface area contributed by atoms with Gasteiger partial charge in [-0.05, 0) is 44.9 Å². The number of nitrogens with zero attached hydrogens (tertiary/aromatic N) is 2. The van der Waals surface area contributed by atoms with Crippen molar-refractivity contribution in [1.82, 2.24) is 9.88 Å². The minimum absolute atomic E-state index is 0.0268. The fourth-order valence-corrected chi connectivity index (χ4v) is 3.36. The average Bonchev–Trinajstić information content (AvgIpc) is 3.50. The highest BCUT2D eigenvalue weighted by Crippen LogP contribution is 2.38. The fraction of sp³-hybridized carbons (Fsp3) is 0.381. The predicted octanol–water partition coefficient (Wildman–Crippen LogP) is 2.89. The molecule has 0 aliphatic heterocycles. The van der Waals surface area contributed by atoms with Crippen molar-refractivity contribution < 1.29 is 24.0 Å². The zero-order valence-corrected chi connectivity index (χ0v) is 16.8. The Balaban J connectivity index is 1.42. The molecule has 9 heteroatoms. The molecule has 3 rings (SSSR count). The van der Waals surface area contributed by atoms with Crippen molar-refractivity contribution in [2.24, 2.45) is 0 Å². The molecule has 0 spiro atoms. The Kier molecular flexibility index (Phi) is 6.29. The summed E-state index contributed by atoms with van der Waals surface area (Å²) in [4.78, 5) is 46.4. The summed E-state index contributed by atoms with van der Waals surface area (Å²) in [5.41, 5.74) is 2.62. The molecule has 1 fully saturated rings. The smallest absolute Gasteiger partial charge is 0.308 e. The molecular formula is C21H23N3O6. The van der Waals surface area contributed by atoms with E-state index in [1.807, 2.05) is 19.9 Å². The van der Waals surface area contributed by atoms with Gasteiger partial charge >= 0.3 is 5.97 Å². The van der Waals surface area contributed by atoms with Gasteiger partial charge in [0, 0.05) is 47.2 Å². The van der Waals surface area contributed by atoms with Gasteiger partial charge < -0.3 is 14.6 Å². The fourth-order valence-electron chi connectivity index (χ4n) is 3.36. The molecule has 1 aliphatic carbocycles. The maximum atomic E-state index is 12.4. The third kappa shape index (κ3) is 4.91. The van der Waals surface area contributed by atoms with Crippen LogP contribution in [0.3, 0.4) is 0 Å². The van der Waals surface area contributed by atoms with Crippen LogP contribution < -0.4 is 5.32 Å². The normalized spacial score (nSPS) is 13.0. The van der Waals surface area contributed by atoms with E-state index in [1.165, 1.54) is 24.3 Å². The summed E-state index contributed by atoms with van der Waals surface area (Å²) in [7, 11) is 0.